The van der Waals surface area contributed by atoms with Crippen LogP contribution in [-0.2, 0) is 14.8 Å². The van der Waals surface area contributed by atoms with Crippen LogP contribution in [0.25, 0.3) is 0 Å². The summed E-state index contributed by atoms with van der Waals surface area (Å²) in [5.74, 6) is -0.827. The molecule has 0 atom stereocenters. The van der Waals surface area contributed by atoms with Crippen LogP contribution >= 0.6 is 0 Å². The van der Waals surface area contributed by atoms with Gasteiger partial charge < -0.3 is 10.5 Å². The highest BCUT2D eigenvalue weighted by Gasteiger charge is 2.19. The second-order valence-corrected chi connectivity index (χ2v) is 6.28. The van der Waals surface area contributed by atoms with Gasteiger partial charge in [-0.3, -0.25) is 0 Å². The molecule has 0 aliphatic heterocycles. The SMILES string of the molecule is C=C(C)COCCNS(=O)(=O)c1cc(N)c(C)cc1F. The molecule has 0 saturated heterocycles. The molecular weight excluding hydrogens is 283 g/mol. The largest absolute Gasteiger partial charge is 0.398 e. The zero-order valence-electron chi connectivity index (χ0n) is 11.6. The van der Waals surface area contributed by atoms with Crippen LogP contribution in [0.1, 0.15) is 12.5 Å². The number of nitrogen functional groups attached to an aromatic ring is 1. The molecule has 0 unspecified atom stereocenters. The van der Waals surface area contributed by atoms with Crippen molar-refractivity contribution in [2.45, 2.75) is 18.7 Å². The second kappa shape index (κ2) is 6.83. The Labute approximate surface area is 118 Å². The van der Waals surface area contributed by atoms with Crippen LogP contribution in [0.3, 0.4) is 0 Å². The fraction of sp³-hybridized carbons (Fsp3) is 0.385. The topological polar surface area (TPSA) is 81.4 Å². The number of aryl methyl sites for hydroxylation is 1. The molecule has 0 aliphatic rings. The van der Waals surface area contributed by atoms with E-state index in [0.717, 1.165) is 17.7 Å². The summed E-state index contributed by atoms with van der Waals surface area (Å²) in [5, 5.41) is 0. The van der Waals surface area contributed by atoms with Gasteiger partial charge in [-0.2, -0.15) is 0 Å². The standard InChI is InChI=1S/C13H19FN2O3S/c1-9(2)8-19-5-4-16-20(17,18)13-7-12(15)10(3)6-11(13)14/h6-7,16H,1,4-5,8,15H2,2-3H3. The first kappa shape index (κ1) is 16.6. The molecule has 5 nitrogen and oxygen atoms in total. The summed E-state index contributed by atoms with van der Waals surface area (Å²) in [4.78, 5) is -0.458. The average molecular weight is 302 g/mol. The number of benzene rings is 1. The molecule has 0 saturated carbocycles. The van der Waals surface area contributed by atoms with Gasteiger partial charge >= 0.3 is 0 Å². The Morgan fingerprint density at radius 2 is 2.15 bits per heavy atom. The maximum Gasteiger partial charge on any atom is 0.243 e. The van der Waals surface area contributed by atoms with E-state index in [9.17, 15) is 12.8 Å². The van der Waals surface area contributed by atoms with Crippen LogP contribution in [0, 0.1) is 12.7 Å². The van der Waals surface area contributed by atoms with Gasteiger partial charge in [-0.15, -0.1) is 0 Å². The number of nitrogens with two attached hydrogens (primary N) is 1. The number of hydrogen-bond acceptors (Lipinski definition) is 4. The molecule has 7 heteroatoms. The van der Waals surface area contributed by atoms with Gasteiger partial charge in [0, 0.05) is 12.2 Å². The monoisotopic (exact) mass is 302 g/mol. The molecule has 3 N–H and O–H groups in total. The Hall–Kier alpha value is -1.44. The summed E-state index contributed by atoms with van der Waals surface area (Å²) in [6.45, 7) is 7.63. The summed E-state index contributed by atoms with van der Waals surface area (Å²) in [7, 11) is -3.94. The van der Waals surface area contributed by atoms with E-state index in [4.69, 9.17) is 10.5 Å². The Morgan fingerprint density at radius 1 is 1.50 bits per heavy atom. The third-order valence-corrected chi connectivity index (χ3v) is 3.97. The second-order valence-electron chi connectivity index (χ2n) is 4.55. The van der Waals surface area contributed by atoms with Crippen LogP contribution in [0.15, 0.2) is 29.2 Å². The molecular formula is C13H19FN2O3S. The predicted molar refractivity (Wildman–Crippen MR) is 76.4 cm³/mol. The summed E-state index contributed by atoms with van der Waals surface area (Å²) in [5.41, 5.74) is 7.16. The molecule has 0 spiro atoms. The molecule has 1 aromatic carbocycles. The molecule has 1 rings (SSSR count). The Balaban J connectivity index is 2.70. The van der Waals surface area contributed by atoms with Gasteiger partial charge in [-0.1, -0.05) is 12.2 Å². The van der Waals surface area contributed by atoms with E-state index in [1.165, 1.54) is 0 Å². The molecule has 0 bridgehead atoms. The van der Waals surface area contributed by atoms with Crippen LogP contribution in [-0.4, -0.2) is 28.2 Å². The van der Waals surface area contributed by atoms with E-state index in [2.05, 4.69) is 11.3 Å². The maximum atomic E-state index is 13.7. The highest BCUT2D eigenvalue weighted by molar-refractivity contribution is 7.89. The minimum absolute atomic E-state index is 0.0445. The van der Waals surface area contributed by atoms with E-state index in [1.807, 2.05) is 0 Å². The lowest BCUT2D eigenvalue weighted by atomic mass is 10.2. The quantitative estimate of drug-likeness (QED) is 0.455. The zero-order valence-corrected chi connectivity index (χ0v) is 12.4. The van der Waals surface area contributed by atoms with Crippen molar-refractivity contribution >= 4 is 15.7 Å². The predicted octanol–water partition coefficient (Wildman–Crippen LogP) is 1.59. The fourth-order valence-electron chi connectivity index (χ4n) is 1.45. The number of rotatable bonds is 7. The minimum Gasteiger partial charge on any atom is -0.398 e. The fourth-order valence-corrected chi connectivity index (χ4v) is 2.55. The van der Waals surface area contributed by atoms with E-state index < -0.39 is 20.7 Å². The number of hydrogen-bond donors (Lipinski definition) is 2. The normalized spacial score (nSPS) is 11.6. The van der Waals surface area contributed by atoms with Gasteiger partial charge in [0.25, 0.3) is 0 Å². The van der Waals surface area contributed by atoms with Crippen LogP contribution in [0.5, 0.6) is 0 Å². The molecule has 0 aliphatic carbocycles. The van der Waals surface area contributed by atoms with Gasteiger partial charge in [0.1, 0.15) is 10.7 Å². The molecule has 0 radical (unpaired) electrons. The average Bonchev–Trinajstić information content (AvgIpc) is 2.32. The number of nitrogens with one attached hydrogen (secondary N) is 1. The van der Waals surface area contributed by atoms with E-state index in [-0.39, 0.29) is 18.8 Å². The van der Waals surface area contributed by atoms with Crippen LogP contribution < -0.4 is 10.5 Å². The van der Waals surface area contributed by atoms with Crippen molar-refractivity contribution < 1.29 is 17.5 Å². The number of sulfonamides is 1. The maximum absolute atomic E-state index is 13.7. The lowest BCUT2D eigenvalue weighted by molar-refractivity contribution is 0.162. The highest BCUT2D eigenvalue weighted by Crippen LogP contribution is 2.21. The molecule has 20 heavy (non-hydrogen) atoms. The third-order valence-electron chi connectivity index (χ3n) is 2.50. The lowest BCUT2D eigenvalue weighted by Crippen LogP contribution is -2.28. The van der Waals surface area contributed by atoms with Gasteiger partial charge in [0.15, 0.2) is 0 Å². The summed E-state index contributed by atoms with van der Waals surface area (Å²) >= 11 is 0. The molecule has 0 heterocycles. The smallest absolute Gasteiger partial charge is 0.243 e. The van der Waals surface area contributed by atoms with E-state index in [0.29, 0.717) is 12.2 Å². The number of halogens is 1. The van der Waals surface area contributed by atoms with Crippen LogP contribution in [0.2, 0.25) is 0 Å². The number of ether oxygens (including phenoxy) is 1. The van der Waals surface area contributed by atoms with Crippen molar-refractivity contribution in [3.8, 4) is 0 Å². The van der Waals surface area contributed by atoms with Gasteiger partial charge in [-0.05, 0) is 31.5 Å². The molecule has 0 fully saturated rings. The lowest BCUT2D eigenvalue weighted by Gasteiger charge is -2.10. The van der Waals surface area contributed by atoms with Crippen molar-refractivity contribution in [3.63, 3.8) is 0 Å². The first-order valence-corrected chi connectivity index (χ1v) is 7.50. The Bertz CT molecular complexity index is 600. The van der Waals surface area contributed by atoms with Gasteiger partial charge in [0.05, 0.1) is 13.2 Å². The third kappa shape index (κ3) is 4.59. The Morgan fingerprint density at radius 3 is 2.75 bits per heavy atom. The first-order chi connectivity index (χ1) is 9.24. The summed E-state index contributed by atoms with van der Waals surface area (Å²) < 4.78 is 45.0. The summed E-state index contributed by atoms with van der Waals surface area (Å²) in [6, 6.07) is 2.21. The Kier molecular flexibility index (Phi) is 5.67. The van der Waals surface area contributed by atoms with Crippen LogP contribution in [0.4, 0.5) is 10.1 Å². The van der Waals surface area contributed by atoms with Crippen molar-refractivity contribution in [1.29, 1.82) is 0 Å². The van der Waals surface area contributed by atoms with E-state index in [1.54, 1.807) is 13.8 Å². The zero-order chi connectivity index (χ0) is 15.3. The van der Waals surface area contributed by atoms with Crippen molar-refractivity contribution in [3.05, 3.63) is 35.7 Å². The highest BCUT2D eigenvalue weighted by atomic mass is 32.2. The van der Waals surface area contributed by atoms with Crippen molar-refractivity contribution in [2.75, 3.05) is 25.5 Å². The molecule has 112 valence electrons. The van der Waals surface area contributed by atoms with Gasteiger partial charge in [0.2, 0.25) is 10.0 Å². The molecule has 0 aromatic heterocycles. The van der Waals surface area contributed by atoms with Crippen molar-refractivity contribution in [2.24, 2.45) is 0 Å². The van der Waals surface area contributed by atoms with Gasteiger partial charge in [-0.25, -0.2) is 17.5 Å². The first-order valence-electron chi connectivity index (χ1n) is 6.01. The molecule has 0 amide bonds. The summed E-state index contributed by atoms with van der Waals surface area (Å²) in [6.07, 6.45) is 0. The number of anilines is 1. The molecule has 1 aromatic rings. The van der Waals surface area contributed by atoms with Crippen molar-refractivity contribution in [1.82, 2.24) is 4.72 Å². The minimum atomic E-state index is -3.94. The van der Waals surface area contributed by atoms with E-state index >= 15 is 0 Å².